The molecular formula is C6H8N2O2. The van der Waals surface area contributed by atoms with Gasteiger partial charge in [0, 0.05) is 12.1 Å². The fourth-order valence-electron chi connectivity index (χ4n) is 0.822. The summed E-state index contributed by atoms with van der Waals surface area (Å²) in [5.41, 5.74) is 5.62. The minimum absolute atomic E-state index is 0.189. The number of rotatable bonds is 1. The van der Waals surface area contributed by atoms with Crippen molar-refractivity contribution in [2.75, 3.05) is 0 Å². The zero-order valence-electron chi connectivity index (χ0n) is 5.36. The monoisotopic (exact) mass is 140 g/mol. The molecule has 4 nitrogen and oxygen atoms in total. The average molecular weight is 140 g/mol. The molecule has 0 aromatic heterocycles. The minimum atomic E-state index is -0.399. The highest BCUT2D eigenvalue weighted by Crippen LogP contribution is 2.10. The van der Waals surface area contributed by atoms with E-state index in [0.717, 1.165) is 0 Å². The molecule has 2 N–H and O–H groups in total. The molecular weight excluding hydrogens is 132 g/mol. The second kappa shape index (κ2) is 2.62. The Balaban J connectivity index is 2.71. The first-order valence-corrected chi connectivity index (χ1v) is 2.97. The Labute approximate surface area is 58.2 Å². The molecule has 0 saturated carbocycles. The van der Waals surface area contributed by atoms with Crippen LogP contribution in [0.1, 0.15) is 6.42 Å². The van der Waals surface area contributed by atoms with Crippen molar-refractivity contribution in [1.82, 2.24) is 0 Å². The summed E-state index contributed by atoms with van der Waals surface area (Å²) >= 11 is 0. The number of hydrogen-bond donors (Lipinski definition) is 1. The number of nitrogens with zero attached hydrogens (tertiary/aromatic N) is 1. The Bertz CT molecular complexity index is 208. The number of nitro groups is 1. The summed E-state index contributed by atoms with van der Waals surface area (Å²) in [5.74, 6) is 0. The van der Waals surface area contributed by atoms with Crippen LogP contribution in [0.2, 0.25) is 0 Å². The second-order valence-electron chi connectivity index (χ2n) is 2.17. The van der Waals surface area contributed by atoms with Crippen molar-refractivity contribution < 1.29 is 4.92 Å². The van der Waals surface area contributed by atoms with E-state index in [4.69, 9.17) is 5.73 Å². The molecule has 1 aliphatic carbocycles. The molecule has 0 aliphatic heterocycles. The SMILES string of the molecule is NC1C=CC=C([N+](=O)[O-])C1. The van der Waals surface area contributed by atoms with Crippen LogP contribution in [0.5, 0.6) is 0 Å². The lowest BCUT2D eigenvalue weighted by Crippen LogP contribution is -2.21. The van der Waals surface area contributed by atoms with Crippen LogP contribution in [0.4, 0.5) is 0 Å². The first-order chi connectivity index (χ1) is 4.70. The average Bonchev–Trinajstić information content (AvgIpc) is 1.88. The van der Waals surface area contributed by atoms with E-state index in [1.54, 1.807) is 12.2 Å². The van der Waals surface area contributed by atoms with Crippen molar-refractivity contribution in [3.63, 3.8) is 0 Å². The van der Waals surface area contributed by atoms with Crippen molar-refractivity contribution in [2.24, 2.45) is 5.73 Å². The second-order valence-corrected chi connectivity index (χ2v) is 2.17. The van der Waals surface area contributed by atoms with Gasteiger partial charge in [-0.2, -0.15) is 0 Å². The molecule has 10 heavy (non-hydrogen) atoms. The minimum Gasteiger partial charge on any atom is -0.324 e. The third kappa shape index (κ3) is 1.41. The van der Waals surface area contributed by atoms with Crippen LogP contribution in [-0.4, -0.2) is 11.0 Å². The molecule has 0 fully saturated rings. The first-order valence-electron chi connectivity index (χ1n) is 2.97. The highest BCUT2D eigenvalue weighted by atomic mass is 16.6. The van der Waals surface area contributed by atoms with E-state index in [1.165, 1.54) is 6.08 Å². The van der Waals surface area contributed by atoms with Gasteiger partial charge in [-0.15, -0.1) is 0 Å². The molecule has 0 saturated heterocycles. The van der Waals surface area contributed by atoms with Crippen molar-refractivity contribution in [3.05, 3.63) is 34.0 Å². The Morgan fingerprint density at radius 2 is 2.50 bits per heavy atom. The molecule has 1 rings (SSSR count). The van der Waals surface area contributed by atoms with Gasteiger partial charge in [0.05, 0.1) is 11.3 Å². The van der Waals surface area contributed by atoms with Crippen LogP contribution in [0.3, 0.4) is 0 Å². The van der Waals surface area contributed by atoms with E-state index in [1.807, 2.05) is 0 Å². The molecule has 54 valence electrons. The molecule has 0 spiro atoms. The van der Waals surface area contributed by atoms with E-state index >= 15 is 0 Å². The number of hydrogen-bond acceptors (Lipinski definition) is 3. The Morgan fingerprint density at radius 3 is 2.90 bits per heavy atom. The fourth-order valence-corrected chi connectivity index (χ4v) is 0.822. The van der Waals surface area contributed by atoms with Crippen LogP contribution >= 0.6 is 0 Å². The lowest BCUT2D eigenvalue weighted by molar-refractivity contribution is -0.428. The Kier molecular flexibility index (Phi) is 1.82. The molecule has 0 amide bonds. The molecule has 1 aliphatic rings. The lowest BCUT2D eigenvalue weighted by atomic mass is 10.1. The van der Waals surface area contributed by atoms with Crippen LogP contribution in [-0.2, 0) is 0 Å². The van der Waals surface area contributed by atoms with E-state index in [9.17, 15) is 10.1 Å². The van der Waals surface area contributed by atoms with E-state index in [2.05, 4.69) is 0 Å². The van der Waals surface area contributed by atoms with Crippen LogP contribution in [0, 0.1) is 10.1 Å². The largest absolute Gasteiger partial charge is 0.324 e. The summed E-state index contributed by atoms with van der Waals surface area (Å²) in [6.45, 7) is 0. The van der Waals surface area contributed by atoms with Gasteiger partial charge in [-0.05, 0) is 0 Å². The molecule has 1 unspecified atom stereocenters. The van der Waals surface area contributed by atoms with Gasteiger partial charge in [-0.3, -0.25) is 10.1 Å². The van der Waals surface area contributed by atoms with Gasteiger partial charge in [0.15, 0.2) is 0 Å². The topological polar surface area (TPSA) is 69.2 Å². The summed E-state index contributed by atoms with van der Waals surface area (Å²) in [6.07, 6.45) is 5.17. The predicted molar refractivity (Wildman–Crippen MR) is 36.8 cm³/mol. The molecule has 4 heteroatoms. The quantitative estimate of drug-likeness (QED) is 0.424. The van der Waals surface area contributed by atoms with E-state index in [0.29, 0.717) is 6.42 Å². The van der Waals surface area contributed by atoms with Crippen molar-refractivity contribution in [2.45, 2.75) is 12.5 Å². The van der Waals surface area contributed by atoms with Crippen LogP contribution in [0.25, 0.3) is 0 Å². The van der Waals surface area contributed by atoms with Crippen LogP contribution < -0.4 is 5.73 Å². The summed E-state index contributed by atoms with van der Waals surface area (Å²) in [4.78, 5) is 9.75. The number of allylic oxidation sites excluding steroid dienone is 2. The maximum absolute atomic E-state index is 10.1. The molecule has 0 radical (unpaired) electrons. The van der Waals surface area contributed by atoms with Crippen molar-refractivity contribution in [3.8, 4) is 0 Å². The lowest BCUT2D eigenvalue weighted by Gasteiger charge is -2.06. The van der Waals surface area contributed by atoms with Gasteiger partial charge in [0.2, 0.25) is 5.70 Å². The first kappa shape index (κ1) is 6.95. The molecule has 0 heterocycles. The Hall–Kier alpha value is -1.16. The Morgan fingerprint density at radius 1 is 1.80 bits per heavy atom. The van der Waals surface area contributed by atoms with Gasteiger partial charge >= 0.3 is 0 Å². The standard InChI is InChI=1S/C6H8N2O2/c7-5-2-1-3-6(4-5)8(9)10/h1-3,5H,4,7H2. The van der Waals surface area contributed by atoms with Gasteiger partial charge < -0.3 is 5.73 Å². The highest BCUT2D eigenvalue weighted by Gasteiger charge is 2.15. The fraction of sp³-hybridized carbons (Fsp3) is 0.333. The highest BCUT2D eigenvalue weighted by molar-refractivity contribution is 5.16. The third-order valence-corrected chi connectivity index (χ3v) is 1.33. The maximum Gasteiger partial charge on any atom is 0.248 e. The van der Waals surface area contributed by atoms with Gasteiger partial charge in [-0.1, -0.05) is 12.2 Å². The third-order valence-electron chi connectivity index (χ3n) is 1.33. The zero-order chi connectivity index (χ0) is 7.56. The van der Waals surface area contributed by atoms with Gasteiger partial charge in [0.1, 0.15) is 0 Å². The maximum atomic E-state index is 10.1. The molecule has 0 aromatic rings. The summed E-state index contributed by atoms with van der Waals surface area (Å²) in [5, 5.41) is 10.1. The summed E-state index contributed by atoms with van der Waals surface area (Å²) in [7, 11) is 0. The summed E-state index contributed by atoms with van der Waals surface area (Å²) < 4.78 is 0. The molecule has 1 atom stereocenters. The van der Waals surface area contributed by atoms with E-state index in [-0.39, 0.29) is 11.7 Å². The molecule has 0 aromatic carbocycles. The van der Waals surface area contributed by atoms with Gasteiger partial charge in [-0.25, -0.2) is 0 Å². The summed E-state index contributed by atoms with van der Waals surface area (Å²) in [6, 6.07) is -0.189. The number of nitrogens with two attached hydrogens (primary N) is 1. The molecule has 0 bridgehead atoms. The van der Waals surface area contributed by atoms with Crippen molar-refractivity contribution in [1.29, 1.82) is 0 Å². The normalized spacial score (nSPS) is 24.1. The zero-order valence-corrected chi connectivity index (χ0v) is 5.36. The van der Waals surface area contributed by atoms with Gasteiger partial charge in [0.25, 0.3) is 0 Å². The predicted octanol–water partition coefficient (Wildman–Crippen LogP) is 0.434. The smallest absolute Gasteiger partial charge is 0.248 e. The van der Waals surface area contributed by atoms with Crippen LogP contribution in [0.15, 0.2) is 23.9 Å². The van der Waals surface area contributed by atoms with Crippen molar-refractivity contribution >= 4 is 0 Å². The van der Waals surface area contributed by atoms with E-state index < -0.39 is 4.92 Å².